The van der Waals surface area contributed by atoms with Crippen LogP contribution >= 0.6 is 0 Å². The van der Waals surface area contributed by atoms with Gasteiger partial charge in [-0.1, -0.05) is 36.4 Å². The maximum absolute atomic E-state index is 2.44. The number of hydrogen-bond acceptors (Lipinski definition) is 1. The van der Waals surface area contributed by atoms with Crippen LogP contribution in [0.4, 0.5) is 5.69 Å². The minimum absolute atomic E-state index is 0.491. The molecule has 126 valence electrons. The monoisotopic (exact) mass is 328 g/mol. The quantitative estimate of drug-likeness (QED) is 0.445. The van der Waals surface area contributed by atoms with Gasteiger partial charge in [0.05, 0.1) is 11.0 Å². The zero-order chi connectivity index (χ0) is 17.4. The summed E-state index contributed by atoms with van der Waals surface area (Å²) in [5.41, 5.74) is 5.02. The lowest BCUT2D eigenvalue weighted by Gasteiger charge is -2.27. The van der Waals surface area contributed by atoms with Gasteiger partial charge in [-0.05, 0) is 57.2 Å². The maximum atomic E-state index is 2.44. The van der Waals surface area contributed by atoms with Crippen LogP contribution in [0.3, 0.4) is 0 Å². The van der Waals surface area contributed by atoms with Crippen molar-refractivity contribution in [1.82, 2.24) is 4.57 Å². The first kappa shape index (κ1) is 15.8. The van der Waals surface area contributed by atoms with E-state index in [2.05, 4.69) is 103 Å². The highest BCUT2D eigenvalue weighted by Gasteiger charge is 2.14. The van der Waals surface area contributed by atoms with E-state index in [1.165, 1.54) is 33.2 Å². The van der Waals surface area contributed by atoms with E-state index in [1.54, 1.807) is 0 Å². The summed E-state index contributed by atoms with van der Waals surface area (Å²) in [4.78, 5) is 2.44. The molecule has 3 aromatic carbocycles. The van der Waals surface area contributed by atoms with Gasteiger partial charge in [0.25, 0.3) is 0 Å². The Morgan fingerprint density at radius 3 is 2.20 bits per heavy atom. The van der Waals surface area contributed by atoms with Crippen molar-refractivity contribution in [3.63, 3.8) is 0 Å². The van der Waals surface area contributed by atoms with E-state index >= 15 is 0 Å². The van der Waals surface area contributed by atoms with Crippen molar-refractivity contribution in [2.45, 2.75) is 26.8 Å². The first-order chi connectivity index (χ1) is 12.2. The third-order valence-electron chi connectivity index (χ3n) is 4.97. The van der Waals surface area contributed by atoms with Crippen molar-refractivity contribution in [3.05, 3.63) is 72.8 Å². The fourth-order valence-electron chi connectivity index (χ4n) is 3.84. The molecule has 0 spiro atoms. The zero-order valence-corrected chi connectivity index (χ0v) is 15.1. The largest absolute Gasteiger partial charge is 0.369 e. The highest BCUT2D eigenvalue weighted by atomic mass is 15.1. The molecule has 0 unspecified atom stereocenters. The smallest absolute Gasteiger partial charge is 0.0542 e. The van der Waals surface area contributed by atoms with Gasteiger partial charge >= 0.3 is 0 Å². The Morgan fingerprint density at radius 1 is 0.800 bits per heavy atom. The summed E-state index contributed by atoms with van der Waals surface area (Å²) in [5, 5.41) is 2.62. The molecule has 0 saturated carbocycles. The van der Waals surface area contributed by atoms with Crippen molar-refractivity contribution in [1.29, 1.82) is 0 Å². The SMILES string of the molecule is CCN(c1ccc2c(c1)c1ccccc1n2-c1ccccc1)C(C)C. The molecule has 0 fully saturated rings. The van der Waals surface area contributed by atoms with Crippen LogP contribution in [-0.4, -0.2) is 17.2 Å². The number of fused-ring (bicyclic) bond motifs is 3. The van der Waals surface area contributed by atoms with Crippen LogP contribution in [0, 0.1) is 0 Å². The van der Waals surface area contributed by atoms with Crippen molar-refractivity contribution in [2.24, 2.45) is 0 Å². The normalized spacial score (nSPS) is 11.5. The van der Waals surface area contributed by atoms with E-state index in [9.17, 15) is 0 Å². The van der Waals surface area contributed by atoms with Crippen LogP contribution in [0.5, 0.6) is 0 Å². The molecule has 0 atom stereocenters. The molecule has 1 heterocycles. The van der Waals surface area contributed by atoms with Crippen molar-refractivity contribution < 1.29 is 0 Å². The standard InChI is InChI=1S/C23H24N2/c1-4-24(17(2)3)19-14-15-23-21(16-19)20-12-8-9-13-22(20)25(23)18-10-6-5-7-11-18/h5-17H,4H2,1-3H3. The fraction of sp³-hybridized carbons (Fsp3) is 0.217. The van der Waals surface area contributed by atoms with Crippen molar-refractivity contribution in [2.75, 3.05) is 11.4 Å². The predicted molar refractivity (Wildman–Crippen MR) is 109 cm³/mol. The van der Waals surface area contributed by atoms with Gasteiger partial charge in [-0.3, -0.25) is 0 Å². The molecule has 1 aromatic heterocycles. The van der Waals surface area contributed by atoms with Crippen LogP contribution in [-0.2, 0) is 0 Å². The molecular weight excluding hydrogens is 304 g/mol. The highest BCUT2D eigenvalue weighted by Crippen LogP contribution is 2.34. The first-order valence-electron chi connectivity index (χ1n) is 9.06. The number of rotatable bonds is 4. The molecule has 0 aliphatic rings. The summed E-state index contributed by atoms with van der Waals surface area (Å²) >= 11 is 0. The van der Waals surface area contributed by atoms with Crippen LogP contribution in [0.15, 0.2) is 72.8 Å². The minimum Gasteiger partial charge on any atom is -0.369 e. The highest BCUT2D eigenvalue weighted by molar-refractivity contribution is 6.10. The molecule has 2 heteroatoms. The van der Waals surface area contributed by atoms with Gasteiger partial charge in [0.1, 0.15) is 0 Å². The summed E-state index contributed by atoms with van der Waals surface area (Å²) in [5.74, 6) is 0. The van der Waals surface area contributed by atoms with Crippen LogP contribution < -0.4 is 4.90 Å². The van der Waals surface area contributed by atoms with E-state index in [4.69, 9.17) is 0 Å². The van der Waals surface area contributed by atoms with Gasteiger partial charge in [0.15, 0.2) is 0 Å². The Hall–Kier alpha value is -2.74. The predicted octanol–water partition coefficient (Wildman–Crippen LogP) is 6.02. The molecule has 0 bridgehead atoms. The van der Waals surface area contributed by atoms with Crippen LogP contribution in [0.2, 0.25) is 0 Å². The van der Waals surface area contributed by atoms with Gasteiger partial charge in [0, 0.05) is 34.7 Å². The van der Waals surface area contributed by atoms with Gasteiger partial charge in [0.2, 0.25) is 0 Å². The Bertz CT molecular complexity index is 1010. The second-order valence-electron chi connectivity index (χ2n) is 6.77. The fourth-order valence-corrected chi connectivity index (χ4v) is 3.84. The van der Waals surface area contributed by atoms with E-state index < -0.39 is 0 Å². The molecule has 0 aliphatic heterocycles. The Kier molecular flexibility index (Phi) is 3.96. The van der Waals surface area contributed by atoms with Gasteiger partial charge < -0.3 is 9.47 Å². The third kappa shape index (κ3) is 2.58. The minimum atomic E-state index is 0.491. The van der Waals surface area contributed by atoms with E-state index in [0.717, 1.165) is 6.54 Å². The third-order valence-corrected chi connectivity index (χ3v) is 4.97. The molecule has 4 rings (SSSR count). The molecule has 2 nitrogen and oxygen atoms in total. The Labute approximate surface area is 149 Å². The zero-order valence-electron chi connectivity index (χ0n) is 15.1. The summed E-state index contributed by atoms with van der Waals surface area (Å²) < 4.78 is 2.36. The first-order valence-corrected chi connectivity index (χ1v) is 9.06. The number of anilines is 1. The number of para-hydroxylation sites is 2. The molecule has 25 heavy (non-hydrogen) atoms. The average molecular weight is 328 g/mol. The Balaban J connectivity index is 2.03. The van der Waals surface area contributed by atoms with E-state index in [1.807, 2.05) is 0 Å². The lowest BCUT2D eigenvalue weighted by molar-refractivity contribution is 0.704. The van der Waals surface area contributed by atoms with Gasteiger partial charge in [-0.25, -0.2) is 0 Å². The average Bonchev–Trinajstić information content (AvgIpc) is 2.97. The summed E-state index contributed by atoms with van der Waals surface area (Å²) in [6.07, 6.45) is 0. The molecule has 0 aliphatic carbocycles. The molecule has 4 aromatic rings. The molecular formula is C23H24N2. The maximum Gasteiger partial charge on any atom is 0.0542 e. The van der Waals surface area contributed by atoms with E-state index in [0.29, 0.717) is 6.04 Å². The Morgan fingerprint density at radius 2 is 1.48 bits per heavy atom. The summed E-state index contributed by atoms with van der Waals surface area (Å²) in [7, 11) is 0. The molecule has 0 amide bonds. The van der Waals surface area contributed by atoms with Gasteiger partial charge in [-0.15, -0.1) is 0 Å². The van der Waals surface area contributed by atoms with E-state index in [-0.39, 0.29) is 0 Å². The molecule has 0 radical (unpaired) electrons. The van der Waals surface area contributed by atoms with Crippen molar-refractivity contribution in [3.8, 4) is 5.69 Å². The number of aromatic nitrogens is 1. The second kappa shape index (κ2) is 6.29. The summed E-state index contributed by atoms with van der Waals surface area (Å²) in [6, 6.07) is 26.7. The number of hydrogen-bond donors (Lipinski definition) is 0. The van der Waals surface area contributed by atoms with Crippen LogP contribution in [0.1, 0.15) is 20.8 Å². The molecule has 0 saturated heterocycles. The lowest BCUT2D eigenvalue weighted by atomic mass is 10.1. The number of nitrogens with zero attached hydrogens (tertiary/aromatic N) is 2. The lowest BCUT2D eigenvalue weighted by Crippen LogP contribution is -2.30. The number of benzene rings is 3. The summed E-state index contributed by atoms with van der Waals surface area (Å²) in [6.45, 7) is 7.74. The van der Waals surface area contributed by atoms with Crippen LogP contribution in [0.25, 0.3) is 27.5 Å². The second-order valence-corrected chi connectivity index (χ2v) is 6.77. The topological polar surface area (TPSA) is 8.17 Å². The molecule has 0 N–H and O–H groups in total. The van der Waals surface area contributed by atoms with Crippen molar-refractivity contribution >= 4 is 27.5 Å². The van der Waals surface area contributed by atoms with Gasteiger partial charge in [-0.2, -0.15) is 0 Å².